The van der Waals surface area contributed by atoms with Crippen molar-refractivity contribution in [3.05, 3.63) is 35.9 Å². The Kier molecular flexibility index (Phi) is 16.4. The second kappa shape index (κ2) is 17.4. The zero-order chi connectivity index (χ0) is 27.0. The van der Waals surface area contributed by atoms with Gasteiger partial charge in [0.05, 0.1) is 19.6 Å². The van der Waals surface area contributed by atoms with E-state index in [1.807, 2.05) is 46.8 Å². The topological polar surface area (TPSA) is 91.0 Å². The molecule has 0 heterocycles. The van der Waals surface area contributed by atoms with Crippen LogP contribution in [-0.4, -0.2) is 44.0 Å². The van der Waals surface area contributed by atoms with E-state index in [1.165, 1.54) is 5.56 Å². The van der Waals surface area contributed by atoms with E-state index in [9.17, 15) is 9.90 Å². The van der Waals surface area contributed by atoms with Crippen LogP contribution in [0, 0.1) is 23.7 Å². The van der Waals surface area contributed by atoms with Crippen LogP contribution in [0.4, 0.5) is 0 Å². The average Bonchev–Trinajstić information content (AvgIpc) is 2.74. The van der Waals surface area contributed by atoms with Gasteiger partial charge in [-0.3, -0.25) is 4.79 Å². The molecule has 1 aromatic rings. The summed E-state index contributed by atoms with van der Waals surface area (Å²) in [4.78, 5) is 11.4. The Morgan fingerprint density at radius 2 is 1.60 bits per heavy atom. The third-order valence-corrected chi connectivity index (χ3v) is 5.54. The van der Waals surface area contributed by atoms with Gasteiger partial charge in [0.25, 0.3) is 0 Å². The number of nitrogens with two attached hydrogens (primary N) is 1. The Labute approximate surface area is 214 Å². The lowest BCUT2D eigenvalue weighted by Crippen LogP contribution is -2.26. The molecule has 3 N–H and O–H groups in total. The van der Waals surface area contributed by atoms with Crippen molar-refractivity contribution in [2.75, 3.05) is 27.4 Å². The Morgan fingerprint density at radius 3 is 2.09 bits per heavy atom. The fourth-order valence-electron chi connectivity index (χ4n) is 3.41. The van der Waals surface area contributed by atoms with Crippen molar-refractivity contribution in [2.24, 2.45) is 29.4 Å². The molecule has 2 atom stereocenters. The summed E-state index contributed by atoms with van der Waals surface area (Å²) in [6.07, 6.45) is 7.46. The van der Waals surface area contributed by atoms with Gasteiger partial charge in [-0.2, -0.15) is 0 Å². The summed E-state index contributed by atoms with van der Waals surface area (Å²) in [7, 11) is 3.34. The predicted molar refractivity (Wildman–Crippen MR) is 145 cm³/mol. The quantitative estimate of drug-likeness (QED) is 0.218. The van der Waals surface area contributed by atoms with E-state index in [2.05, 4.69) is 32.1 Å². The summed E-state index contributed by atoms with van der Waals surface area (Å²) < 4.78 is 16.4. The second-order valence-electron chi connectivity index (χ2n) is 10.9. The van der Waals surface area contributed by atoms with Crippen molar-refractivity contribution in [1.29, 1.82) is 0 Å². The molecular formula is C29H51NO5. The number of methoxy groups -OCH3 is 2. The largest absolute Gasteiger partial charge is 0.493 e. The Morgan fingerprint density at radius 1 is 1.00 bits per heavy atom. The summed E-state index contributed by atoms with van der Waals surface area (Å²) in [5.74, 6) is 1.59. The first-order valence-electron chi connectivity index (χ1n) is 12.7. The van der Waals surface area contributed by atoms with Crippen LogP contribution in [0.25, 0.3) is 0 Å². The molecule has 0 aliphatic rings. The molecule has 202 valence electrons. The third kappa shape index (κ3) is 16.3. The Hall–Kier alpha value is -2.05. The van der Waals surface area contributed by atoms with Gasteiger partial charge in [-0.15, -0.1) is 0 Å². The average molecular weight is 494 g/mol. The molecule has 0 radical (unpaired) electrons. The predicted octanol–water partition coefficient (Wildman–Crippen LogP) is 6.36. The van der Waals surface area contributed by atoms with E-state index in [1.54, 1.807) is 14.2 Å². The summed E-state index contributed by atoms with van der Waals surface area (Å²) in [6, 6.07) is 6.14. The van der Waals surface area contributed by atoms with Crippen LogP contribution in [0.3, 0.4) is 0 Å². The van der Waals surface area contributed by atoms with Crippen LogP contribution in [0.1, 0.15) is 73.3 Å². The molecule has 1 rings (SSSR count). The molecule has 35 heavy (non-hydrogen) atoms. The highest BCUT2D eigenvalue weighted by molar-refractivity contribution is 5.70. The third-order valence-electron chi connectivity index (χ3n) is 5.54. The monoisotopic (exact) mass is 493 g/mol. The van der Waals surface area contributed by atoms with E-state index in [0.717, 1.165) is 30.8 Å². The fourth-order valence-corrected chi connectivity index (χ4v) is 3.41. The molecule has 1 aromatic carbocycles. The highest BCUT2D eigenvalue weighted by Gasteiger charge is 2.20. The Bertz CT molecular complexity index is 731. The molecule has 0 unspecified atom stereocenters. The number of carbonyl (C=O) groups is 1. The van der Waals surface area contributed by atoms with Crippen LogP contribution in [-0.2, 0) is 16.0 Å². The van der Waals surface area contributed by atoms with Crippen molar-refractivity contribution < 1.29 is 24.1 Å². The molecule has 0 amide bonds. The molecule has 0 saturated heterocycles. The number of allylic oxidation sites excluding steroid dienone is 2. The first kappa shape index (κ1) is 33.0. The first-order chi connectivity index (χ1) is 16.3. The number of carboxylic acid groups (broad SMARTS) is 1. The Balaban J connectivity index is 0.00000209. The molecular weight excluding hydrogens is 442 g/mol. The summed E-state index contributed by atoms with van der Waals surface area (Å²) in [6.45, 7) is 15.5. The minimum Gasteiger partial charge on any atom is -0.493 e. The number of ether oxygens (including phenoxy) is 3. The molecule has 0 aromatic heterocycles. The minimum absolute atomic E-state index is 0. The van der Waals surface area contributed by atoms with Crippen molar-refractivity contribution in [1.82, 2.24) is 0 Å². The highest BCUT2D eigenvalue weighted by atomic mass is 16.5. The molecule has 0 aliphatic carbocycles. The SMILES string of the molecule is CC(C)(C)N.COCCCOc1cc(C[C@@H](C/C=C/C[C@H](C(=O)O)C(C)C)C(C)C)ccc1OC. The lowest BCUT2D eigenvalue weighted by atomic mass is 9.86. The van der Waals surface area contributed by atoms with Gasteiger partial charge >= 0.3 is 5.97 Å². The molecule has 0 spiro atoms. The van der Waals surface area contributed by atoms with Gasteiger partial charge in [0, 0.05) is 25.7 Å². The molecule has 0 fully saturated rings. The molecule has 6 heteroatoms. The van der Waals surface area contributed by atoms with Crippen molar-refractivity contribution in [3.8, 4) is 11.5 Å². The zero-order valence-electron chi connectivity index (χ0n) is 23.6. The van der Waals surface area contributed by atoms with Crippen molar-refractivity contribution in [3.63, 3.8) is 0 Å². The number of hydrogen-bond acceptors (Lipinski definition) is 5. The number of rotatable bonds is 15. The molecule has 0 bridgehead atoms. The first-order valence-corrected chi connectivity index (χ1v) is 12.7. The van der Waals surface area contributed by atoms with Crippen LogP contribution in [0.2, 0.25) is 0 Å². The normalized spacial score (nSPS) is 13.5. The van der Waals surface area contributed by atoms with E-state index in [0.29, 0.717) is 31.5 Å². The van der Waals surface area contributed by atoms with E-state index in [-0.39, 0.29) is 17.4 Å². The van der Waals surface area contributed by atoms with Crippen LogP contribution in [0.15, 0.2) is 30.4 Å². The van der Waals surface area contributed by atoms with Gasteiger partial charge in [0.15, 0.2) is 11.5 Å². The maximum absolute atomic E-state index is 11.4. The maximum atomic E-state index is 11.4. The lowest BCUT2D eigenvalue weighted by molar-refractivity contribution is -0.143. The zero-order valence-corrected chi connectivity index (χ0v) is 23.6. The van der Waals surface area contributed by atoms with Gasteiger partial charge < -0.3 is 25.1 Å². The molecule has 0 aliphatic heterocycles. The van der Waals surface area contributed by atoms with Crippen molar-refractivity contribution >= 4 is 5.97 Å². The summed E-state index contributed by atoms with van der Waals surface area (Å²) in [5, 5.41) is 9.33. The summed E-state index contributed by atoms with van der Waals surface area (Å²) in [5.41, 5.74) is 6.57. The smallest absolute Gasteiger partial charge is 0.307 e. The second-order valence-corrected chi connectivity index (χ2v) is 10.9. The van der Waals surface area contributed by atoms with Gasteiger partial charge in [0.2, 0.25) is 0 Å². The number of aliphatic carboxylic acids is 1. The molecule has 0 saturated carbocycles. The van der Waals surface area contributed by atoms with Gasteiger partial charge in [-0.25, -0.2) is 0 Å². The number of carboxylic acids is 1. The summed E-state index contributed by atoms with van der Waals surface area (Å²) >= 11 is 0. The maximum Gasteiger partial charge on any atom is 0.307 e. The van der Waals surface area contributed by atoms with E-state index >= 15 is 0 Å². The number of hydrogen-bond donors (Lipinski definition) is 2. The van der Waals surface area contributed by atoms with Gasteiger partial charge in [-0.1, -0.05) is 45.9 Å². The van der Waals surface area contributed by atoms with Crippen LogP contribution < -0.4 is 15.2 Å². The van der Waals surface area contributed by atoms with E-state index in [4.69, 9.17) is 19.9 Å². The van der Waals surface area contributed by atoms with E-state index < -0.39 is 5.97 Å². The van der Waals surface area contributed by atoms with Gasteiger partial charge in [-0.05, 0) is 75.5 Å². The minimum atomic E-state index is -0.716. The molecule has 6 nitrogen and oxygen atoms in total. The van der Waals surface area contributed by atoms with Crippen LogP contribution >= 0.6 is 0 Å². The van der Waals surface area contributed by atoms with Gasteiger partial charge in [0.1, 0.15) is 0 Å². The lowest BCUT2D eigenvalue weighted by Gasteiger charge is -2.21. The number of benzene rings is 1. The van der Waals surface area contributed by atoms with Crippen LogP contribution in [0.5, 0.6) is 11.5 Å². The fraction of sp³-hybridized carbons (Fsp3) is 0.690. The standard InChI is InChI=1S/C25H40O5.C4H11N/c1-18(2)21(10-7-8-11-22(19(3)4)25(26)27)16-20-12-13-23(29-6)24(17-20)30-15-9-14-28-5;1-4(2,3)5/h7-8,12-13,17-19,21-22H,9-11,14-16H2,1-6H3,(H,26,27);5H2,1-3H3/b8-7+;/t21-,22+;/m1./s1. The highest BCUT2D eigenvalue weighted by Crippen LogP contribution is 2.31. The van der Waals surface area contributed by atoms with Crippen molar-refractivity contribution in [2.45, 2.75) is 79.7 Å².